The van der Waals surface area contributed by atoms with Crippen molar-refractivity contribution in [2.75, 3.05) is 6.54 Å². The number of pyridine rings is 1. The van der Waals surface area contributed by atoms with Gasteiger partial charge in [0.1, 0.15) is 5.65 Å². The molecule has 31 heavy (non-hydrogen) atoms. The molecule has 3 heterocycles. The van der Waals surface area contributed by atoms with Gasteiger partial charge in [-0.05, 0) is 36.2 Å². The fraction of sp³-hybridized carbons (Fsp3) is 0.154. The fourth-order valence-corrected chi connectivity index (χ4v) is 4.27. The standard InChI is InChI=1S/C26H24N4O/c1-18-8-7-13-25-29-20(14-26(31)30(18)25)15-27-16-22(19-9-3-2-4-10-19)23-17-28-24-12-6-5-11-21(23)24/h2-14,17,22,27-28H,15-16H2,1H3/t22-/m1/s1. The zero-order valence-electron chi connectivity index (χ0n) is 17.4. The van der Waals surface area contributed by atoms with Crippen LogP contribution in [0.2, 0.25) is 0 Å². The quantitative estimate of drug-likeness (QED) is 0.438. The van der Waals surface area contributed by atoms with Crippen LogP contribution in [-0.4, -0.2) is 20.9 Å². The highest BCUT2D eigenvalue weighted by atomic mass is 16.1. The Morgan fingerprint density at radius 2 is 1.81 bits per heavy atom. The van der Waals surface area contributed by atoms with E-state index in [0.29, 0.717) is 12.2 Å². The van der Waals surface area contributed by atoms with Gasteiger partial charge in [0.2, 0.25) is 0 Å². The predicted molar refractivity (Wildman–Crippen MR) is 124 cm³/mol. The van der Waals surface area contributed by atoms with E-state index in [0.717, 1.165) is 23.4 Å². The second kappa shape index (κ2) is 8.20. The normalized spacial score (nSPS) is 12.4. The third-order valence-electron chi connectivity index (χ3n) is 5.79. The van der Waals surface area contributed by atoms with Crippen molar-refractivity contribution in [1.29, 1.82) is 0 Å². The molecule has 0 bridgehead atoms. The van der Waals surface area contributed by atoms with Gasteiger partial charge >= 0.3 is 0 Å². The number of aryl methyl sites for hydroxylation is 1. The van der Waals surface area contributed by atoms with Gasteiger partial charge < -0.3 is 10.3 Å². The fourth-order valence-electron chi connectivity index (χ4n) is 4.27. The van der Waals surface area contributed by atoms with Crippen molar-refractivity contribution < 1.29 is 0 Å². The Labute approximate surface area is 180 Å². The van der Waals surface area contributed by atoms with Crippen LogP contribution in [0.4, 0.5) is 0 Å². The second-order valence-electron chi connectivity index (χ2n) is 7.83. The van der Waals surface area contributed by atoms with Crippen molar-refractivity contribution in [2.45, 2.75) is 19.4 Å². The summed E-state index contributed by atoms with van der Waals surface area (Å²) in [6.07, 6.45) is 2.10. The summed E-state index contributed by atoms with van der Waals surface area (Å²) < 4.78 is 1.64. The maximum absolute atomic E-state index is 12.6. The zero-order valence-corrected chi connectivity index (χ0v) is 17.4. The number of nitrogens with one attached hydrogen (secondary N) is 2. The van der Waals surface area contributed by atoms with Crippen molar-refractivity contribution >= 4 is 16.6 Å². The van der Waals surface area contributed by atoms with Crippen LogP contribution in [0.25, 0.3) is 16.6 Å². The van der Waals surface area contributed by atoms with E-state index >= 15 is 0 Å². The Bertz CT molecular complexity index is 1400. The monoisotopic (exact) mass is 408 g/mol. The number of rotatable bonds is 6. The van der Waals surface area contributed by atoms with Crippen LogP contribution in [0.3, 0.4) is 0 Å². The van der Waals surface area contributed by atoms with Crippen molar-refractivity contribution in [1.82, 2.24) is 19.7 Å². The van der Waals surface area contributed by atoms with Gasteiger partial charge in [0, 0.05) is 47.9 Å². The van der Waals surface area contributed by atoms with Gasteiger partial charge in [0.15, 0.2) is 0 Å². The molecule has 5 aromatic rings. The minimum Gasteiger partial charge on any atom is -0.361 e. The SMILES string of the molecule is Cc1cccc2nc(CNC[C@H](c3ccccc3)c3c[nH]c4ccccc34)cc(=O)n12. The highest BCUT2D eigenvalue weighted by Crippen LogP contribution is 2.30. The molecule has 0 saturated carbocycles. The maximum atomic E-state index is 12.6. The van der Waals surface area contributed by atoms with E-state index in [-0.39, 0.29) is 11.5 Å². The summed E-state index contributed by atoms with van der Waals surface area (Å²) in [5.74, 6) is 0.182. The molecule has 0 radical (unpaired) electrons. The third kappa shape index (κ3) is 3.76. The van der Waals surface area contributed by atoms with E-state index < -0.39 is 0 Å². The molecule has 154 valence electrons. The molecule has 1 atom stereocenters. The number of aromatic amines is 1. The minimum atomic E-state index is -0.0452. The van der Waals surface area contributed by atoms with Gasteiger partial charge in [-0.1, -0.05) is 54.6 Å². The van der Waals surface area contributed by atoms with E-state index in [1.165, 1.54) is 16.5 Å². The van der Waals surface area contributed by atoms with Crippen molar-refractivity contribution in [2.24, 2.45) is 0 Å². The van der Waals surface area contributed by atoms with Crippen molar-refractivity contribution in [3.05, 3.63) is 118 Å². The number of nitrogens with zero attached hydrogens (tertiary/aromatic N) is 2. The van der Waals surface area contributed by atoms with Gasteiger partial charge in [-0.3, -0.25) is 9.20 Å². The molecule has 0 unspecified atom stereocenters. The average Bonchev–Trinajstić information content (AvgIpc) is 3.21. The minimum absolute atomic E-state index is 0.0452. The topological polar surface area (TPSA) is 62.2 Å². The third-order valence-corrected chi connectivity index (χ3v) is 5.79. The number of aromatic nitrogens is 3. The van der Waals surface area contributed by atoms with Crippen LogP contribution in [0, 0.1) is 6.92 Å². The van der Waals surface area contributed by atoms with E-state index in [4.69, 9.17) is 0 Å². The van der Waals surface area contributed by atoms with Crippen LogP contribution in [0.5, 0.6) is 0 Å². The van der Waals surface area contributed by atoms with Crippen LogP contribution >= 0.6 is 0 Å². The van der Waals surface area contributed by atoms with Crippen LogP contribution in [-0.2, 0) is 6.54 Å². The molecular weight excluding hydrogens is 384 g/mol. The average molecular weight is 409 g/mol. The molecule has 2 aromatic carbocycles. The molecule has 0 aliphatic rings. The largest absolute Gasteiger partial charge is 0.361 e. The highest BCUT2D eigenvalue weighted by molar-refractivity contribution is 5.84. The van der Waals surface area contributed by atoms with E-state index in [2.05, 4.69) is 63.9 Å². The van der Waals surface area contributed by atoms with E-state index in [1.807, 2.05) is 37.3 Å². The highest BCUT2D eigenvalue weighted by Gasteiger charge is 2.18. The lowest BCUT2D eigenvalue weighted by atomic mass is 9.91. The van der Waals surface area contributed by atoms with Gasteiger partial charge in [-0.2, -0.15) is 0 Å². The second-order valence-corrected chi connectivity index (χ2v) is 7.83. The van der Waals surface area contributed by atoms with Gasteiger partial charge in [-0.25, -0.2) is 4.98 Å². The summed E-state index contributed by atoms with van der Waals surface area (Å²) in [6.45, 7) is 3.19. The summed E-state index contributed by atoms with van der Waals surface area (Å²) in [4.78, 5) is 20.6. The first-order valence-electron chi connectivity index (χ1n) is 10.5. The molecule has 0 amide bonds. The van der Waals surface area contributed by atoms with Crippen LogP contribution < -0.4 is 10.9 Å². The summed E-state index contributed by atoms with van der Waals surface area (Å²) in [7, 11) is 0. The molecule has 0 fully saturated rings. The maximum Gasteiger partial charge on any atom is 0.258 e. The van der Waals surface area contributed by atoms with E-state index in [1.54, 1.807) is 10.5 Å². The van der Waals surface area contributed by atoms with Crippen LogP contribution in [0.15, 0.2) is 89.9 Å². The summed E-state index contributed by atoms with van der Waals surface area (Å²) in [5.41, 5.74) is 5.92. The lowest BCUT2D eigenvalue weighted by Crippen LogP contribution is -2.25. The van der Waals surface area contributed by atoms with Gasteiger partial charge in [-0.15, -0.1) is 0 Å². The van der Waals surface area contributed by atoms with Crippen molar-refractivity contribution in [3.8, 4) is 0 Å². The van der Waals surface area contributed by atoms with Gasteiger partial charge in [0.25, 0.3) is 5.56 Å². The Kier molecular flexibility index (Phi) is 5.10. The number of para-hydroxylation sites is 1. The first-order valence-corrected chi connectivity index (χ1v) is 10.5. The summed E-state index contributed by atoms with van der Waals surface area (Å²) >= 11 is 0. The first kappa shape index (κ1) is 19.3. The number of hydrogen-bond donors (Lipinski definition) is 2. The Morgan fingerprint density at radius 1 is 1.00 bits per heavy atom. The lowest BCUT2D eigenvalue weighted by Gasteiger charge is -2.18. The molecule has 0 saturated heterocycles. The predicted octanol–water partition coefficient (Wildman–Crippen LogP) is 4.41. The Morgan fingerprint density at radius 3 is 2.68 bits per heavy atom. The molecule has 0 spiro atoms. The number of fused-ring (bicyclic) bond motifs is 2. The number of H-pyrrole nitrogens is 1. The summed E-state index contributed by atoms with van der Waals surface area (Å²) in [6, 6.07) is 26.2. The Hall–Kier alpha value is -3.70. The van der Waals surface area contributed by atoms with E-state index in [9.17, 15) is 4.79 Å². The molecule has 0 aliphatic heterocycles. The smallest absolute Gasteiger partial charge is 0.258 e. The molecule has 5 nitrogen and oxygen atoms in total. The first-order chi connectivity index (χ1) is 15.2. The lowest BCUT2D eigenvalue weighted by molar-refractivity contribution is 0.629. The molecule has 5 heteroatoms. The molecule has 2 N–H and O–H groups in total. The molecule has 5 rings (SSSR count). The van der Waals surface area contributed by atoms with Crippen LogP contribution in [0.1, 0.15) is 28.4 Å². The summed E-state index contributed by atoms with van der Waals surface area (Å²) in [5, 5.41) is 4.77. The molecule has 3 aromatic heterocycles. The molecular formula is C26H24N4O. The van der Waals surface area contributed by atoms with Gasteiger partial charge in [0.05, 0.1) is 5.69 Å². The number of benzene rings is 2. The number of hydrogen-bond acceptors (Lipinski definition) is 3. The molecule has 0 aliphatic carbocycles. The zero-order chi connectivity index (χ0) is 21.2. The van der Waals surface area contributed by atoms with Crippen molar-refractivity contribution in [3.63, 3.8) is 0 Å². The Balaban J connectivity index is 1.42.